The monoisotopic (exact) mass is 346 g/mol. The van der Waals surface area contributed by atoms with Crippen LogP contribution in [0.25, 0.3) is 0 Å². The molecule has 1 aromatic carbocycles. The number of amides is 1. The van der Waals surface area contributed by atoms with E-state index in [0.29, 0.717) is 5.92 Å². The lowest BCUT2D eigenvalue weighted by atomic mass is 9.93. The van der Waals surface area contributed by atoms with Crippen LogP contribution in [0, 0.1) is 12.8 Å². The topological polar surface area (TPSA) is 42.0 Å². The molecule has 5 heteroatoms. The molecule has 1 aromatic rings. The van der Waals surface area contributed by atoms with Gasteiger partial charge in [0, 0.05) is 38.1 Å². The quantitative estimate of drug-likeness (QED) is 0.840. The number of hydrogen-bond donors (Lipinski definition) is 0. The number of benzene rings is 1. The molecule has 0 saturated carbocycles. The molecule has 0 spiro atoms. The molecule has 138 valence electrons. The van der Waals surface area contributed by atoms with Gasteiger partial charge < -0.3 is 14.4 Å². The van der Waals surface area contributed by atoms with Crippen molar-refractivity contribution in [3.05, 3.63) is 29.3 Å². The number of fused-ring (bicyclic) bond motifs is 1. The zero-order chi connectivity index (χ0) is 18.0. The van der Waals surface area contributed by atoms with Gasteiger partial charge in [-0.1, -0.05) is 6.07 Å². The Morgan fingerprint density at radius 1 is 1.32 bits per heavy atom. The first-order chi connectivity index (χ1) is 12.0. The highest BCUT2D eigenvalue weighted by Gasteiger charge is 2.36. The van der Waals surface area contributed by atoms with E-state index in [4.69, 9.17) is 9.47 Å². The Labute approximate surface area is 150 Å². The Bertz CT molecular complexity index is 617. The van der Waals surface area contributed by atoms with Crippen LogP contribution in [0.5, 0.6) is 5.75 Å². The van der Waals surface area contributed by atoms with Gasteiger partial charge in [0.25, 0.3) is 0 Å². The van der Waals surface area contributed by atoms with Gasteiger partial charge in [-0.05, 0) is 50.5 Å². The van der Waals surface area contributed by atoms with Gasteiger partial charge in [-0.25, -0.2) is 0 Å². The Morgan fingerprint density at radius 3 is 2.80 bits per heavy atom. The predicted octanol–water partition coefficient (Wildman–Crippen LogP) is 2.46. The van der Waals surface area contributed by atoms with E-state index in [1.165, 1.54) is 11.1 Å². The number of hydrogen-bond acceptors (Lipinski definition) is 4. The SMILES string of the molecule is COc1ccc(CN2CC[C@@H]3OCC(=O)N(C(C)C)C[C@H]3C2)c(C)c1. The predicted molar refractivity (Wildman–Crippen MR) is 97.7 cm³/mol. The number of carbonyl (C=O) groups excluding carboxylic acids is 1. The van der Waals surface area contributed by atoms with Gasteiger partial charge >= 0.3 is 0 Å². The van der Waals surface area contributed by atoms with Crippen molar-refractivity contribution in [3.63, 3.8) is 0 Å². The molecule has 5 nitrogen and oxygen atoms in total. The maximum Gasteiger partial charge on any atom is 0.248 e. The summed E-state index contributed by atoms with van der Waals surface area (Å²) in [5, 5.41) is 0. The molecule has 25 heavy (non-hydrogen) atoms. The molecule has 2 aliphatic rings. The van der Waals surface area contributed by atoms with Crippen molar-refractivity contribution >= 4 is 5.91 Å². The van der Waals surface area contributed by atoms with Crippen LogP contribution in [0.1, 0.15) is 31.4 Å². The molecule has 0 unspecified atom stereocenters. The molecule has 0 aromatic heterocycles. The van der Waals surface area contributed by atoms with Crippen LogP contribution in [-0.2, 0) is 16.1 Å². The molecular weight excluding hydrogens is 316 g/mol. The van der Waals surface area contributed by atoms with E-state index in [0.717, 1.165) is 38.3 Å². The number of nitrogens with zero attached hydrogens (tertiary/aromatic N) is 2. The standard InChI is InChI=1S/C20H30N2O3/c1-14(2)22-12-17-11-21(8-7-19(17)25-13-20(22)23)10-16-5-6-18(24-4)9-15(16)3/h5-6,9,14,17,19H,7-8,10-13H2,1-4H3/t17-,19+/m1/s1. The molecule has 0 radical (unpaired) electrons. The molecule has 2 aliphatic heterocycles. The van der Waals surface area contributed by atoms with Gasteiger partial charge in [-0.3, -0.25) is 9.69 Å². The van der Waals surface area contributed by atoms with Crippen LogP contribution in [0.15, 0.2) is 18.2 Å². The van der Waals surface area contributed by atoms with Gasteiger partial charge in [0.1, 0.15) is 12.4 Å². The summed E-state index contributed by atoms with van der Waals surface area (Å²) >= 11 is 0. The number of likely N-dealkylation sites (tertiary alicyclic amines) is 1. The highest BCUT2D eigenvalue weighted by molar-refractivity contribution is 5.78. The summed E-state index contributed by atoms with van der Waals surface area (Å²) in [6.45, 7) is 10.3. The van der Waals surface area contributed by atoms with Crippen molar-refractivity contribution in [3.8, 4) is 5.75 Å². The van der Waals surface area contributed by atoms with Crippen molar-refractivity contribution in [2.75, 3.05) is 33.4 Å². The summed E-state index contributed by atoms with van der Waals surface area (Å²) < 4.78 is 11.2. The average molecular weight is 346 g/mol. The first kappa shape index (κ1) is 18.2. The van der Waals surface area contributed by atoms with Crippen LogP contribution in [0.2, 0.25) is 0 Å². The zero-order valence-corrected chi connectivity index (χ0v) is 15.8. The highest BCUT2D eigenvalue weighted by Crippen LogP contribution is 2.27. The second-order valence-corrected chi connectivity index (χ2v) is 7.57. The van der Waals surface area contributed by atoms with Crippen molar-refractivity contribution in [2.45, 2.75) is 45.9 Å². The zero-order valence-electron chi connectivity index (χ0n) is 15.8. The fraction of sp³-hybridized carbons (Fsp3) is 0.650. The van der Waals surface area contributed by atoms with E-state index in [2.05, 4.69) is 37.8 Å². The average Bonchev–Trinajstić information content (AvgIpc) is 2.76. The Morgan fingerprint density at radius 2 is 2.12 bits per heavy atom. The minimum absolute atomic E-state index is 0.127. The number of aryl methyl sites for hydroxylation is 1. The Hall–Kier alpha value is -1.59. The lowest BCUT2D eigenvalue weighted by Gasteiger charge is -2.39. The molecule has 0 N–H and O–H groups in total. The van der Waals surface area contributed by atoms with Crippen molar-refractivity contribution < 1.29 is 14.3 Å². The summed E-state index contributed by atoms with van der Waals surface area (Å²) in [4.78, 5) is 16.7. The minimum atomic E-state index is 0.127. The smallest absolute Gasteiger partial charge is 0.248 e. The highest BCUT2D eigenvalue weighted by atomic mass is 16.5. The van der Waals surface area contributed by atoms with Crippen molar-refractivity contribution in [2.24, 2.45) is 5.92 Å². The summed E-state index contributed by atoms with van der Waals surface area (Å²) in [6.07, 6.45) is 1.21. The molecule has 3 rings (SSSR count). The van der Waals surface area contributed by atoms with E-state index < -0.39 is 0 Å². The fourth-order valence-electron chi connectivity index (χ4n) is 3.95. The second-order valence-electron chi connectivity index (χ2n) is 7.57. The summed E-state index contributed by atoms with van der Waals surface area (Å²) in [5.74, 6) is 1.42. The Kier molecular flexibility index (Phi) is 5.64. The maximum atomic E-state index is 12.3. The molecule has 0 bridgehead atoms. The molecule has 1 amide bonds. The third kappa shape index (κ3) is 4.15. The van der Waals surface area contributed by atoms with Crippen LogP contribution < -0.4 is 4.74 Å². The first-order valence-corrected chi connectivity index (χ1v) is 9.25. The molecule has 2 fully saturated rings. The van der Waals surface area contributed by atoms with Gasteiger partial charge in [-0.2, -0.15) is 0 Å². The lowest BCUT2D eigenvalue weighted by molar-refractivity contribution is -0.136. The van der Waals surface area contributed by atoms with E-state index in [1.54, 1.807) is 7.11 Å². The molecule has 2 saturated heterocycles. The summed E-state index contributed by atoms with van der Waals surface area (Å²) in [6, 6.07) is 6.52. The summed E-state index contributed by atoms with van der Waals surface area (Å²) in [7, 11) is 1.70. The van der Waals surface area contributed by atoms with E-state index in [-0.39, 0.29) is 24.7 Å². The van der Waals surface area contributed by atoms with E-state index >= 15 is 0 Å². The molecule has 2 heterocycles. The lowest BCUT2D eigenvalue weighted by Crippen LogP contribution is -2.48. The van der Waals surface area contributed by atoms with Crippen LogP contribution in [-0.4, -0.2) is 61.2 Å². The second kappa shape index (κ2) is 7.75. The largest absolute Gasteiger partial charge is 0.497 e. The van der Waals surface area contributed by atoms with Crippen LogP contribution in [0.3, 0.4) is 0 Å². The molecule has 2 atom stereocenters. The van der Waals surface area contributed by atoms with Crippen molar-refractivity contribution in [1.82, 2.24) is 9.80 Å². The van der Waals surface area contributed by atoms with Gasteiger partial charge in [0.2, 0.25) is 5.91 Å². The maximum absolute atomic E-state index is 12.3. The number of carbonyl (C=O) groups is 1. The van der Waals surface area contributed by atoms with Gasteiger partial charge in [0.15, 0.2) is 0 Å². The minimum Gasteiger partial charge on any atom is -0.497 e. The number of ether oxygens (including phenoxy) is 2. The van der Waals surface area contributed by atoms with E-state index in [1.807, 2.05) is 11.0 Å². The number of methoxy groups -OCH3 is 1. The van der Waals surface area contributed by atoms with Crippen LogP contribution in [0.4, 0.5) is 0 Å². The van der Waals surface area contributed by atoms with Crippen molar-refractivity contribution in [1.29, 1.82) is 0 Å². The number of rotatable bonds is 4. The third-order valence-electron chi connectivity index (χ3n) is 5.49. The van der Waals surface area contributed by atoms with Gasteiger partial charge in [-0.15, -0.1) is 0 Å². The number of piperidine rings is 1. The Balaban J connectivity index is 1.67. The fourth-order valence-corrected chi connectivity index (χ4v) is 3.95. The molecule has 0 aliphatic carbocycles. The molecular formula is C20H30N2O3. The van der Waals surface area contributed by atoms with Gasteiger partial charge in [0.05, 0.1) is 13.2 Å². The normalized spacial score (nSPS) is 25.0. The van der Waals surface area contributed by atoms with E-state index in [9.17, 15) is 4.79 Å². The first-order valence-electron chi connectivity index (χ1n) is 9.25. The summed E-state index contributed by atoms with van der Waals surface area (Å²) in [5.41, 5.74) is 2.60. The van der Waals surface area contributed by atoms with Crippen LogP contribution >= 0.6 is 0 Å². The third-order valence-corrected chi connectivity index (χ3v) is 5.49.